The quantitative estimate of drug-likeness (QED) is 0.836. The summed E-state index contributed by atoms with van der Waals surface area (Å²) in [5.41, 5.74) is -0.167. The predicted octanol–water partition coefficient (Wildman–Crippen LogP) is 1.57. The average molecular weight is 324 g/mol. The van der Waals surface area contributed by atoms with E-state index in [1.807, 2.05) is 31.5 Å². The molecule has 1 aromatic heterocycles. The van der Waals surface area contributed by atoms with Crippen molar-refractivity contribution in [3.63, 3.8) is 0 Å². The van der Waals surface area contributed by atoms with E-state index in [1.165, 1.54) is 0 Å². The van der Waals surface area contributed by atoms with Gasteiger partial charge in [-0.3, -0.25) is 0 Å². The van der Waals surface area contributed by atoms with Crippen LogP contribution in [-0.4, -0.2) is 28.7 Å². The van der Waals surface area contributed by atoms with Crippen LogP contribution in [-0.2, 0) is 16.6 Å². The van der Waals surface area contributed by atoms with Crippen LogP contribution in [0.3, 0.4) is 0 Å². The average Bonchev–Trinajstić information content (AvgIpc) is 2.68. The number of sulfonamides is 1. The van der Waals surface area contributed by atoms with Gasteiger partial charge in [0.25, 0.3) is 0 Å². The minimum absolute atomic E-state index is 0.0868. The highest BCUT2D eigenvalue weighted by atomic mass is 79.9. The van der Waals surface area contributed by atoms with Gasteiger partial charge in [0.1, 0.15) is 4.66 Å². The fraction of sp³-hybridized carbons (Fsp3) is 0.700. The van der Waals surface area contributed by atoms with Crippen molar-refractivity contribution in [3.05, 3.63) is 18.7 Å². The van der Waals surface area contributed by atoms with E-state index in [2.05, 4.69) is 25.6 Å². The third-order valence-electron chi connectivity index (χ3n) is 2.46. The SMILES string of the molecule is CC(C)(C)C(Cn1ccnc1)NS(=O)(=O)CBr. The van der Waals surface area contributed by atoms with Gasteiger partial charge >= 0.3 is 0 Å². The van der Waals surface area contributed by atoms with E-state index in [4.69, 9.17) is 0 Å². The first-order chi connectivity index (χ1) is 7.74. The molecule has 0 aliphatic carbocycles. The fourth-order valence-corrected chi connectivity index (χ4v) is 2.66. The number of nitrogens with zero attached hydrogens (tertiary/aromatic N) is 2. The largest absolute Gasteiger partial charge is 0.336 e. The molecular weight excluding hydrogens is 306 g/mol. The number of alkyl halides is 1. The fourth-order valence-electron chi connectivity index (χ4n) is 1.34. The Morgan fingerprint density at radius 1 is 1.47 bits per heavy atom. The molecule has 0 bridgehead atoms. The van der Waals surface area contributed by atoms with Crippen LogP contribution in [0.5, 0.6) is 0 Å². The molecule has 0 aliphatic heterocycles. The first-order valence-electron chi connectivity index (χ1n) is 5.26. The maximum atomic E-state index is 11.6. The van der Waals surface area contributed by atoms with E-state index in [0.29, 0.717) is 6.54 Å². The van der Waals surface area contributed by atoms with Crippen molar-refractivity contribution in [1.82, 2.24) is 14.3 Å². The number of rotatable bonds is 5. The maximum absolute atomic E-state index is 11.6. The van der Waals surface area contributed by atoms with Crippen LogP contribution in [0.2, 0.25) is 0 Å². The first-order valence-corrected chi connectivity index (χ1v) is 8.04. The molecule has 7 heteroatoms. The van der Waals surface area contributed by atoms with E-state index in [9.17, 15) is 8.42 Å². The Morgan fingerprint density at radius 3 is 2.53 bits per heavy atom. The molecule has 0 fully saturated rings. The molecule has 17 heavy (non-hydrogen) atoms. The zero-order valence-corrected chi connectivity index (χ0v) is 12.6. The van der Waals surface area contributed by atoms with Crippen LogP contribution in [0.15, 0.2) is 18.7 Å². The topological polar surface area (TPSA) is 64.0 Å². The summed E-state index contributed by atoms with van der Waals surface area (Å²) in [7, 11) is -3.27. The molecule has 0 saturated heterocycles. The van der Waals surface area contributed by atoms with Crippen LogP contribution in [0, 0.1) is 5.41 Å². The second kappa shape index (κ2) is 5.49. The normalized spacial score (nSPS) is 14.8. The predicted molar refractivity (Wildman–Crippen MR) is 71.3 cm³/mol. The summed E-state index contributed by atoms with van der Waals surface area (Å²) in [5.74, 6) is 0. The van der Waals surface area contributed by atoms with Crippen LogP contribution < -0.4 is 4.72 Å². The van der Waals surface area contributed by atoms with Gasteiger partial charge in [-0.15, -0.1) is 0 Å². The minimum Gasteiger partial charge on any atom is -0.336 e. The molecule has 1 rings (SSSR count). The third kappa shape index (κ3) is 4.77. The Balaban J connectivity index is 2.83. The lowest BCUT2D eigenvalue weighted by Crippen LogP contribution is -2.46. The van der Waals surface area contributed by atoms with E-state index in [0.717, 1.165) is 0 Å². The van der Waals surface area contributed by atoms with Crippen molar-refractivity contribution in [3.8, 4) is 0 Å². The highest BCUT2D eigenvalue weighted by Crippen LogP contribution is 2.21. The molecule has 1 aromatic rings. The standard InChI is InChI=1S/C10H18BrN3O2S/c1-10(2,3)9(13-17(15,16)7-11)6-14-5-4-12-8-14/h4-5,8-9,13H,6-7H2,1-3H3. The van der Waals surface area contributed by atoms with Crippen LogP contribution in [0.4, 0.5) is 0 Å². The van der Waals surface area contributed by atoms with E-state index in [-0.39, 0.29) is 16.1 Å². The van der Waals surface area contributed by atoms with Gasteiger partial charge in [0.2, 0.25) is 10.0 Å². The molecule has 0 amide bonds. The summed E-state index contributed by atoms with van der Waals surface area (Å²) in [6.07, 6.45) is 5.18. The number of hydrogen-bond donors (Lipinski definition) is 1. The van der Waals surface area contributed by atoms with Gasteiger partial charge in [-0.1, -0.05) is 36.7 Å². The molecule has 1 unspecified atom stereocenters. The summed E-state index contributed by atoms with van der Waals surface area (Å²) in [6.45, 7) is 6.58. The molecule has 0 aromatic carbocycles. The van der Waals surface area contributed by atoms with Crippen molar-refractivity contribution < 1.29 is 8.42 Å². The van der Waals surface area contributed by atoms with E-state index >= 15 is 0 Å². The van der Waals surface area contributed by atoms with Crippen molar-refractivity contribution >= 4 is 26.0 Å². The maximum Gasteiger partial charge on any atom is 0.221 e. The highest BCUT2D eigenvalue weighted by Gasteiger charge is 2.28. The molecule has 1 heterocycles. The van der Waals surface area contributed by atoms with Crippen molar-refractivity contribution in [2.24, 2.45) is 5.41 Å². The molecule has 5 nitrogen and oxygen atoms in total. The van der Waals surface area contributed by atoms with Crippen molar-refractivity contribution in [2.45, 2.75) is 33.4 Å². The minimum atomic E-state index is -3.27. The Bertz CT molecular complexity index is 437. The number of imidazole rings is 1. The lowest BCUT2D eigenvalue weighted by molar-refractivity contribution is 0.271. The van der Waals surface area contributed by atoms with E-state index in [1.54, 1.807) is 12.5 Å². The first kappa shape index (κ1) is 14.7. The molecular formula is C10H18BrN3O2S. The second-order valence-electron chi connectivity index (χ2n) is 5.02. The summed E-state index contributed by atoms with van der Waals surface area (Å²) in [5, 5.41) is 0. The van der Waals surface area contributed by atoms with Gasteiger partial charge in [-0.2, -0.15) is 0 Å². The number of nitrogens with one attached hydrogen (secondary N) is 1. The molecule has 0 spiro atoms. The lowest BCUT2D eigenvalue weighted by atomic mass is 9.87. The number of halogens is 1. The molecule has 0 saturated carbocycles. The number of aromatic nitrogens is 2. The summed E-state index contributed by atoms with van der Waals surface area (Å²) in [6, 6.07) is -0.181. The zero-order chi connectivity index (χ0) is 13.1. The Kier molecular flexibility index (Phi) is 4.74. The molecule has 98 valence electrons. The third-order valence-corrected chi connectivity index (χ3v) is 5.20. The van der Waals surface area contributed by atoms with Crippen LogP contribution in [0.25, 0.3) is 0 Å². The van der Waals surface area contributed by atoms with Crippen LogP contribution in [0.1, 0.15) is 20.8 Å². The van der Waals surface area contributed by atoms with Gasteiger partial charge in [0, 0.05) is 25.0 Å². The molecule has 0 radical (unpaired) electrons. The van der Waals surface area contributed by atoms with E-state index < -0.39 is 10.0 Å². The Hall–Kier alpha value is -0.400. The molecule has 1 N–H and O–H groups in total. The Morgan fingerprint density at radius 2 is 2.12 bits per heavy atom. The van der Waals surface area contributed by atoms with Crippen molar-refractivity contribution in [2.75, 3.05) is 4.66 Å². The van der Waals surface area contributed by atoms with Gasteiger partial charge in [0.15, 0.2) is 0 Å². The zero-order valence-electron chi connectivity index (χ0n) is 10.2. The second-order valence-corrected chi connectivity index (χ2v) is 8.08. The highest BCUT2D eigenvalue weighted by molar-refractivity contribution is 9.10. The van der Waals surface area contributed by atoms with Gasteiger partial charge in [-0.05, 0) is 5.41 Å². The van der Waals surface area contributed by atoms with Gasteiger partial charge < -0.3 is 4.57 Å². The van der Waals surface area contributed by atoms with Crippen molar-refractivity contribution in [1.29, 1.82) is 0 Å². The molecule has 1 atom stereocenters. The molecule has 0 aliphatic rings. The van der Waals surface area contributed by atoms with Gasteiger partial charge in [0.05, 0.1) is 6.33 Å². The smallest absolute Gasteiger partial charge is 0.221 e. The lowest BCUT2D eigenvalue weighted by Gasteiger charge is -2.31. The monoisotopic (exact) mass is 323 g/mol. The summed E-state index contributed by atoms with van der Waals surface area (Å²) >= 11 is 2.97. The summed E-state index contributed by atoms with van der Waals surface area (Å²) < 4.78 is 27.7. The summed E-state index contributed by atoms with van der Waals surface area (Å²) in [4.78, 5) is 3.95. The Labute approximate surface area is 111 Å². The van der Waals surface area contributed by atoms with Gasteiger partial charge in [-0.25, -0.2) is 18.1 Å². The number of hydrogen-bond acceptors (Lipinski definition) is 3. The van der Waals surface area contributed by atoms with Crippen LogP contribution >= 0.6 is 15.9 Å².